The molecular formula is C10H11BrN2O4S. The van der Waals surface area contributed by atoms with Crippen molar-refractivity contribution < 1.29 is 18.3 Å². The van der Waals surface area contributed by atoms with Gasteiger partial charge in [-0.05, 0) is 18.2 Å². The van der Waals surface area contributed by atoms with E-state index in [9.17, 15) is 13.2 Å². The molecule has 0 spiro atoms. The smallest absolute Gasteiger partial charge is 0.335 e. The largest absolute Gasteiger partial charge is 0.478 e. The number of nitrogen functional groups attached to an aromatic ring is 1. The molecule has 0 unspecified atom stereocenters. The molecule has 0 radical (unpaired) electrons. The van der Waals surface area contributed by atoms with E-state index in [2.05, 4.69) is 27.2 Å². The van der Waals surface area contributed by atoms with Gasteiger partial charge in [0.25, 0.3) is 0 Å². The molecule has 0 amide bonds. The summed E-state index contributed by atoms with van der Waals surface area (Å²) in [7, 11) is -3.79. The minimum Gasteiger partial charge on any atom is -0.478 e. The monoisotopic (exact) mass is 334 g/mol. The van der Waals surface area contributed by atoms with Crippen LogP contribution in [0.15, 0.2) is 34.2 Å². The Hall–Kier alpha value is -1.38. The third kappa shape index (κ3) is 3.56. The molecule has 1 aromatic rings. The number of aromatic carboxylic acids is 1. The molecule has 1 aromatic carbocycles. The van der Waals surface area contributed by atoms with E-state index in [0.29, 0.717) is 4.48 Å². The van der Waals surface area contributed by atoms with Gasteiger partial charge >= 0.3 is 5.97 Å². The molecule has 0 aromatic heterocycles. The highest BCUT2D eigenvalue weighted by Gasteiger charge is 2.18. The Morgan fingerprint density at radius 2 is 2.11 bits per heavy atom. The van der Waals surface area contributed by atoms with E-state index in [-0.39, 0.29) is 22.7 Å². The highest BCUT2D eigenvalue weighted by Crippen LogP contribution is 2.20. The quantitative estimate of drug-likeness (QED) is 0.700. The van der Waals surface area contributed by atoms with Gasteiger partial charge in [-0.15, -0.1) is 0 Å². The van der Waals surface area contributed by atoms with Crippen molar-refractivity contribution in [1.82, 2.24) is 4.72 Å². The van der Waals surface area contributed by atoms with Crippen molar-refractivity contribution in [1.29, 1.82) is 0 Å². The number of carbonyl (C=O) groups is 1. The highest BCUT2D eigenvalue weighted by atomic mass is 79.9. The average Bonchev–Trinajstić information content (AvgIpc) is 2.26. The molecule has 6 nitrogen and oxygen atoms in total. The molecule has 0 bridgehead atoms. The summed E-state index contributed by atoms with van der Waals surface area (Å²) in [5.74, 6) is -1.17. The predicted molar refractivity (Wildman–Crippen MR) is 71.1 cm³/mol. The standard InChI is InChI=1S/C10H11BrN2O4S/c1-6(11)5-13-18(16,17)9-3-2-7(10(14)15)4-8(9)12/h2-4,13H,1,5,12H2,(H,14,15). The maximum absolute atomic E-state index is 11.8. The number of carboxylic acid groups (broad SMARTS) is 1. The van der Waals surface area contributed by atoms with Gasteiger partial charge in [0.1, 0.15) is 4.90 Å². The number of rotatable bonds is 5. The number of hydrogen-bond donors (Lipinski definition) is 3. The van der Waals surface area contributed by atoms with E-state index >= 15 is 0 Å². The second-order valence-corrected chi connectivity index (χ2v) is 6.26. The number of sulfonamides is 1. The second-order valence-electron chi connectivity index (χ2n) is 3.40. The lowest BCUT2D eigenvalue weighted by molar-refractivity contribution is 0.0697. The van der Waals surface area contributed by atoms with E-state index in [4.69, 9.17) is 10.8 Å². The van der Waals surface area contributed by atoms with E-state index in [1.807, 2.05) is 0 Å². The maximum Gasteiger partial charge on any atom is 0.335 e. The molecule has 0 saturated carbocycles. The molecule has 0 saturated heterocycles. The Bertz CT molecular complexity index is 598. The van der Waals surface area contributed by atoms with Gasteiger partial charge in [0.2, 0.25) is 10.0 Å². The molecule has 18 heavy (non-hydrogen) atoms. The number of benzene rings is 1. The zero-order valence-electron chi connectivity index (χ0n) is 9.18. The lowest BCUT2D eigenvalue weighted by atomic mass is 10.2. The number of nitrogens with two attached hydrogens (primary N) is 1. The lowest BCUT2D eigenvalue weighted by Crippen LogP contribution is -2.25. The van der Waals surface area contributed by atoms with Crippen molar-refractivity contribution in [2.24, 2.45) is 0 Å². The predicted octanol–water partition coefficient (Wildman–Crippen LogP) is 1.15. The van der Waals surface area contributed by atoms with E-state index in [1.165, 1.54) is 6.07 Å². The van der Waals surface area contributed by atoms with E-state index < -0.39 is 16.0 Å². The van der Waals surface area contributed by atoms with Gasteiger partial charge in [-0.25, -0.2) is 17.9 Å². The third-order valence-corrected chi connectivity index (χ3v) is 3.76. The van der Waals surface area contributed by atoms with Crippen LogP contribution in [-0.4, -0.2) is 26.0 Å². The van der Waals surface area contributed by atoms with Crippen LogP contribution >= 0.6 is 15.9 Å². The van der Waals surface area contributed by atoms with Crippen LogP contribution in [0.1, 0.15) is 10.4 Å². The Morgan fingerprint density at radius 1 is 1.50 bits per heavy atom. The first-order valence-electron chi connectivity index (χ1n) is 4.70. The van der Waals surface area contributed by atoms with Crippen molar-refractivity contribution in [2.45, 2.75) is 4.90 Å². The summed E-state index contributed by atoms with van der Waals surface area (Å²) >= 11 is 3.02. The molecule has 1 rings (SSSR count). The van der Waals surface area contributed by atoms with Crippen molar-refractivity contribution in [3.8, 4) is 0 Å². The molecular weight excluding hydrogens is 324 g/mol. The maximum atomic E-state index is 11.8. The number of halogens is 1. The molecule has 0 atom stereocenters. The van der Waals surface area contributed by atoms with Gasteiger partial charge in [0.05, 0.1) is 11.3 Å². The minimum absolute atomic E-state index is 0.0163. The van der Waals surface area contributed by atoms with Crippen LogP contribution in [-0.2, 0) is 10.0 Å². The highest BCUT2D eigenvalue weighted by molar-refractivity contribution is 9.11. The van der Waals surface area contributed by atoms with Crippen LogP contribution in [0, 0.1) is 0 Å². The van der Waals surface area contributed by atoms with Crippen LogP contribution in [0.5, 0.6) is 0 Å². The summed E-state index contributed by atoms with van der Waals surface area (Å²) in [6.07, 6.45) is 0. The first kappa shape index (κ1) is 14.7. The summed E-state index contributed by atoms with van der Waals surface area (Å²) in [6, 6.07) is 3.42. The summed E-state index contributed by atoms with van der Waals surface area (Å²) in [4.78, 5) is 10.5. The molecule has 4 N–H and O–H groups in total. The molecule has 0 aliphatic carbocycles. The van der Waals surface area contributed by atoms with Gasteiger partial charge in [-0.3, -0.25) is 0 Å². The van der Waals surface area contributed by atoms with Crippen LogP contribution in [0.2, 0.25) is 0 Å². The SMILES string of the molecule is C=C(Br)CNS(=O)(=O)c1ccc(C(=O)O)cc1N. The van der Waals surface area contributed by atoms with Gasteiger partial charge in [0, 0.05) is 11.0 Å². The first-order chi connectivity index (χ1) is 8.24. The Morgan fingerprint density at radius 3 is 2.56 bits per heavy atom. The fraction of sp³-hybridized carbons (Fsp3) is 0.100. The molecule has 0 aliphatic heterocycles. The normalized spacial score (nSPS) is 11.2. The van der Waals surface area contributed by atoms with Crippen molar-refractivity contribution in [3.63, 3.8) is 0 Å². The number of carboxylic acids is 1. The van der Waals surface area contributed by atoms with Crippen LogP contribution in [0.4, 0.5) is 5.69 Å². The fourth-order valence-corrected chi connectivity index (χ4v) is 2.64. The fourth-order valence-electron chi connectivity index (χ4n) is 1.18. The van der Waals surface area contributed by atoms with E-state index in [1.54, 1.807) is 0 Å². The van der Waals surface area contributed by atoms with Crippen LogP contribution in [0.3, 0.4) is 0 Å². The number of hydrogen-bond acceptors (Lipinski definition) is 4. The molecule has 0 aliphatic rings. The summed E-state index contributed by atoms with van der Waals surface area (Å²) in [5.41, 5.74) is 5.34. The van der Waals surface area contributed by atoms with E-state index in [0.717, 1.165) is 12.1 Å². The Kier molecular flexibility index (Phi) is 4.49. The van der Waals surface area contributed by atoms with Crippen molar-refractivity contribution in [2.75, 3.05) is 12.3 Å². The zero-order chi connectivity index (χ0) is 13.9. The Balaban J connectivity index is 3.10. The molecule has 98 valence electrons. The number of anilines is 1. The second kappa shape index (κ2) is 5.51. The van der Waals surface area contributed by atoms with Gasteiger partial charge in [-0.2, -0.15) is 0 Å². The van der Waals surface area contributed by atoms with Gasteiger partial charge in [0.15, 0.2) is 0 Å². The zero-order valence-corrected chi connectivity index (χ0v) is 11.6. The van der Waals surface area contributed by atoms with Crippen LogP contribution < -0.4 is 10.5 Å². The van der Waals surface area contributed by atoms with Crippen molar-refractivity contribution in [3.05, 3.63) is 34.8 Å². The Labute approximate surface area is 113 Å². The van der Waals surface area contributed by atoms with Gasteiger partial charge in [-0.1, -0.05) is 22.5 Å². The van der Waals surface area contributed by atoms with Crippen molar-refractivity contribution >= 4 is 37.6 Å². The topological polar surface area (TPSA) is 109 Å². The summed E-state index contributed by atoms with van der Waals surface area (Å²) in [5, 5.41) is 8.74. The third-order valence-electron chi connectivity index (χ3n) is 2.00. The number of nitrogens with one attached hydrogen (secondary N) is 1. The molecule has 8 heteroatoms. The molecule has 0 heterocycles. The average molecular weight is 335 g/mol. The van der Waals surface area contributed by atoms with Crippen LogP contribution in [0.25, 0.3) is 0 Å². The lowest BCUT2D eigenvalue weighted by Gasteiger charge is -2.09. The summed E-state index contributed by atoms with van der Waals surface area (Å²) in [6.45, 7) is 3.51. The molecule has 0 fully saturated rings. The minimum atomic E-state index is -3.79. The summed E-state index contributed by atoms with van der Waals surface area (Å²) < 4.78 is 26.4. The first-order valence-corrected chi connectivity index (χ1v) is 6.97. The van der Waals surface area contributed by atoms with Gasteiger partial charge < -0.3 is 10.8 Å².